The zero-order valence-corrected chi connectivity index (χ0v) is 10.3. The lowest BCUT2D eigenvalue weighted by Gasteiger charge is -2.40. The molecule has 5 heteroatoms. The Kier molecular flexibility index (Phi) is 3.99. The fourth-order valence-corrected chi connectivity index (χ4v) is 2.73. The van der Waals surface area contributed by atoms with Crippen LogP contribution in [0.3, 0.4) is 0 Å². The van der Waals surface area contributed by atoms with E-state index in [-0.39, 0.29) is 30.3 Å². The van der Waals surface area contributed by atoms with E-state index in [1.807, 2.05) is 6.92 Å². The van der Waals surface area contributed by atoms with Crippen LogP contribution >= 0.6 is 0 Å². The number of hydrogen-bond acceptors (Lipinski definition) is 3. The summed E-state index contributed by atoms with van der Waals surface area (Å²) in [6.07, 6.45) is 4.78. The number of rotatable bonds is 3. The summed E-state index contributed by atoms with van der Waals surface area (Å²) in [6, 6.07) is 0.253. The SMILES string of the molecule is CCNC(=O)C[C@H]1N[C@@H]2CCCC[C@@H]2NC1=O. The first-order valence-electron chi connectivity index (χ1n) is 6.54. The number of carbonyl (C=O) groups excluding carboxylic acids is 2. The van der Waals surface area contributed by atoms with Crippen LogP contribution in [0.5, 0.6) is 0 Å². The van der Waals surface area contributed by atoms with Crippen molar-refractivity contribution in [3.8, 4) is 0 Å². The van der Waals surface area contributed by atoms with E-state index in [1.54, 1.807) is 0 Å². The molecule has 0 aromatic rings. The monoisotopic (exact) mass is 239 g/mol. The smallest absolute Gasteiger partial charge is 0.237 e. The van der Waals surface area contributed by atoms with Gasteiger partial charge in [-0.3, -0.25) is 9.59 Å². The third kappa shape index (κ3) is 2.97. The second-order valence-corrected chi connectivity index (χ2v) is 4.88. The largest absolute Gasteiger partial charge is 0.356 e. The molecule has 3 atom stereocenters. The van der Waals surface area contributed by atoms with E-state index in [0.29, 0.717) is 12.6 Å². The molecule has 0 spiro atoms. The molecule has 3 N–H and O–H groups in total. The predicted molar refractivity (Wildman–Crippen MR) is 64.4 cm³/mol. The van der Waals surface area contributed by atoms with Crippen LogP contribution in [0, 0.1) is 0 Å². The second-order valence-electron chi connectivity index (χ2n) is 4.88. The van der Waals surface area contributed by atoms with Gasteiger partial charge in [0.1, 0.15) is 0 Å². The summed E-state index contributed by atoms with van der Waals surface area (Å²) < 4.78 is 0. The average molecular weight is 239 g/mol. The molecule has 17 heavy (non-hydrogen) atoms. The van der Waals surface area contributed by atoms with Crippen LogP contribution in [0.25, 0.3) is 0 Å². The zero-order valence-electron chi connectivity index (χ0n) is 10.3. The maximum absolute atomic E-state index is 11.8. The average Bonchev–Trinajstić information content (AvgIpc) is 2.30. The number of piperazine rings is 1. The van der Waals surface area contributed by atoms with Crippen LogP contribution in [-0.2, 0) is 9.59 Å². The van der Waals surface area contributed by atoms with Gasteiger partial charge in [-0.1, -0.05) is 12.8 Å². The van der Waals surface area contributed by atoms with Crippen molar-refractivity contribution < 1.29 is 9.59 Å². The van der Waals surface area contributed by atoms with Crippen molar-refractivity contribution >= 4 is 11.8 Å². The highest BCUT2D eigenvalue weighted by molar-refractivity contribution is 5.89. The number of nitrogens with one attached hydrogen (secondary N) is 3. The second kappa shape index (κ2) is 5.49. The molecule has 1 heterocycles. The molecule has 0 aromatic carbocycles. The Labute approximate surface area is 102 Å². The van der Waals surface area contributed by atoms with Gasteiger partial charge < -0.3 is 16.0 Å². The molecule has 0 bridgehead atoms. The first-order valence-corrected chi connectivity index (χ1v) is 6.54. The highest BCUT2D eigenvalue weighted by Crippen LogP contribution is 2.22. The molecule has 0 unspecified atom stereocenters. The maximum Gasteiger partial charge on any atom is 0.237 e. The quantitative estimate of drug-likeness (QED) is 0.645. The number of amides is 2. The molecule has 1 aliphatic heterocycles. The Morgan fingerprint density at radius 3 is 2.76 bits per heavy atom. The lowest BCUT2D eigenvalue weighted by Crippen LogP contribution is -2.65. The van der Waals surface area contributed by atoms with Crippen molar-refractivity contribution in [2.24, 2.45) is 0 Å². The van der Waals surface area contributed by atoms with Crippen molar-refractivity contribution in [2.75, 3.05) is 6.54 Å². The van der Waals surface area contributed by atoms with Gasteiger partial charge in [-0.25, -0.2) is 0 Å². The summed E-state index contributed by atoms with van der Waals surface area (Å²) in [5.74, 6) is -0.0891. The fourth-order valence-electron chi connectivity index (χ4n) is 2.73. The van der Waals surface area contributed by atoms with Crippen LogP contribution in [0.2, 0.25) is 0 Å². The normalized spacial score (nSPS) is 32.5. The van der Waals surface area contributed by atoms with Crippen molar-refractivity contribution in [3.05, 3.63) is 0 Å². The summed E-state index contributed by atoms with van der Waals surface area (Å²) in [5.41, 5.74) is 0. The van der Waals surface area contributed by atoms with E-state index in [0.717, 1.165) is 12.8 Å². The number of carbonyl (C=O) groups is 2. The first kappa shape index (κ1) is 12.4. The molecule has 2 aliphatic rings. The van der Waals surface area contributed by atoms with Gasteiger partial charge in [0.2, 0.25) is 11.8 Å². The minimum absolute atomic E-state index is 0.0283. The molecular formula is C12H21N3O2. The fraction of sp³-hybridized carbons (Fsp3) is 0.833. The summed E-state index contributed by atoms with van der Waals surface area (Å²) in [6.45, 7) is 2.49. The van der Waals surface area contributed by atoms with E-state index in [4.69, 9.17) is 0 Å². The Hall–Kier alpha value is -1.10. The number of hydrogen-bond donors (Lipinski definition) is 3. The Morgan fingerprint density at radius 2 is 2.06 bits per heavy atom. The molecule has 2 fully saturated rings. The molecule has 5 nitrogen and oxygen atoms in total. The summed E-state index contributed by atoms with van der Waals surface area (Å²) in [4.78, 5) is 23.3. The minimum Gasteiger partial charge on any atom is -0.356 e. The van der Waals surface area contributed by atoms with Gasteiger partial charge in [0.25, 0.3) is 0 Å². The summed E-state index contributed by atoms with van der Waals surface area (Å²) in [7, 11) is 0. The molecule has 2 rings (SSSR count). The number of fused-ring (bicyclic) bond motifs is 1. The topological polar surface area (TPSA) is 70.2 Å². The maximum atomic E-state index is 11.8. The molecule has 1 saturated heterocycles. The van der Waals surface area contributed by atoms with Crippen LogP contribution in [0.4, 0.5) is 0 Å². The molecule has 96 valence electrons. The van der Waals surface area contributed by atoms with E-state index in [9.17, 15) is 9.59 Å². The Balaban J connectivity index is 1.90. The van der Waals surface area contributed by atoms with Crippen LogP contribution in [-0.4, -0.2) is 36.5 Å². The van der Waals surface area contributed by atoms with Gasteiger partial charge in [0.15, 0.2) is 0 Å². The van der Waals surface area contributed by atoms with Gasteiger partial charge >= 0.3 is 0 Å². The molecule has 1 aliphatic carbocycles. The van der Waals surface area contributed by atoms with Gasteiger partial charge in [-0.2, -0.15) is 0 Å². The summed E-state index contributed by atoms with van der Waals surface area (Å²) in [5, 5.41) is 9.08. The van der Waals surface area contributed by atoms with Crippen molar-refractivity contribution in [1.29, 1.82) is 0 Å². The van der Waals surface area contributed by atoms with Gasteiger partial charge in [-0.15, -0.1) is 0 Å². The van der Waals surface area contributed by atoms with Gasteiger partial charge in [-0.05, 0) is 19.8 Å². The van der Waals surface area contributed by atoms with Gasteiger partial charge in [0, 0.05) is 18.6 Å². The van der Waals surface area contributed by atoms with E-state index < -0.39 is 0 Å². The minimum atomic E-state index is -0.360. The van der Waals surface area contributed by atoms with E-state index in [2.05, 4.69) is 16.0 Å². The Morgan fingerprint density at radius 1 is 1.35 bits per heavy atom. The van der Waals surface area contributed by atoms with Crippen LogP contribution < -0.4 is 16.0 Å². The molecule has 1 saturated carbocycles. The third-order valence-electron chi connectivity index (χ3n) is 3.59. The van der Waals surface area contributed by atoms with Crippen LogP contribution in [0.15, 0.2) is 0 Å². The van der Waals surface area contributed by atoms with Crippen molar-refractivity contribution in [2.45, 2.75) is 57.2 Å². The highest BCUT2D eigenvalue weighted by Gasteiger charge is 2.36. The van der Waals surface area contributed by atoms with Gasteiger partial charge in [0.05, 0.1) is 12.5 Å². The molecule has 0 radical (unpaired) electrons. The third-order valence-corrected chi connectivity index (χ3v) is 3.59. The zero-order chi connectivity index (χ0) is 12.3. The lowest BCUT2D eigenvalue weighted by atomic mass is 9.87. The highest BCUT2D eigenvalue weighted by atomic mass is 16.2. The van der Waals surface area contributed by atoms with E-state index >= 15 is 0 Å². The van der Waals surface area contributed by atoms with Crippen LogP contribution in [0.1, 0.15) is 39.0 Å². The van der Waals surface area contributed by atoms with Crippen molar-refractivity contribution in [3.63, 3.8) is 0 Å². The van der Waals surface area contributed by atoms with Crippen molar-refractivity contribution in [1.82, 2.24) is 16.0 Å². The predicted octanol–water partition coefficient (Wildman–Crippen LogP) is -0.0882. The molecule has 0 aromatic heterocycles. The standard InChI is InChI=1S/C12H21N3O2/c1-2-13-11(16)7-10-12(17)15-9-6-4-3-5-8(9)14-10/h8-10,14H,2-7H2,1H3,(H,13,16)(H,15,17)/t8-,9+,10-/m1/s1. The first-order chi connectivity index (χ1) is 8.20. The molecular weight excluding hydrogens is 218 g/mol. The summed E-state index contributed by atoms with van der Waals surface area (Å²) >= 11 is 0. The molecule has 2 amide bonds. The Bertz CT molecular complexity index is 306. The van der Waals surface area contributed by atoms with E-state index in [1.165, 1.54) is 12.8 Å². The lowest BCUT2D eigenvalue weighted by molar-refractivity contribution is -0.131.